The number of amides is 4. The van der Waals surface area contributed by atoms with Crippen molar-refractivity contribution >= 4 is 20.9 Å². The van der Waals surface area contributed by atoms with E-state index in [0.717, 1.165) is 0 Å². The minimum atomic E-state index is -4.53. The lowest BCUT2D eigenvalue weighted by Gasteiger charge is -2.22. The summed E-state index contributed by atoms with van der Waals surface area (Å²) in [5, 5.41) is 4.11. The average Bonchev–Trinajstić information content (AvgIpc) is 1.99. The van der Waals surface area contributed by atoms with Gasteiger partial charge in [0.1, 0.15) is 5.67 Å². The van der Waals surface area contributed by atoms with Crippen LogP contribution in [0, 0.1) is 0 Å². The zero-order valence-corrected chi connectivity index (χ0v) is 8.80. The number of carbonyl (C=O) groups excluding carboxylic acids is 2. The van der Waals surface area contributed by atoms with Crippen molar-refractivity contribution in [1.82, 2.24) is 10.6 Å². The lowest BCUT2D eigenvalue weighted by Crippen LogP contribution is -2.59. The van der Waals surface area contributed by atoms with E-state index in [1.165, 1.54) is 0 Å². The molecule has 1 unspecified atom stereocenters. The van der Waals surface area contributed by atoms with Gasteiger partial charge in [0.25, 0.3) is 0 Å². The Hall–Kier alpha value is -1.36. The topological polar surface area (TPSA) is 171 Å². The fourth-order valence-electron chi connectivity index (χ4n) is 0.874. The van der Waals surface area contributed by atoms with Crippen LogP contribution < -0.4 is 22.1 Å². The Morgan fingerprint density at radius 2 is 1.73 bits per heavy atom. The zero-order valence-electron chi connectivity index (χ0n) is 7.80. The van der Waals surface area contributed by atoms with Gasteiger partial charge in [-0.3, -0.25) is 0 Å². The van der Waals surface area contributed by atoms with Crippen molar-refractivity contribution in [2.24, 2.45) is 11.5 Å². The molecule has 0 aliphatic carbocycles. The summed E-state index contributed by atoms with van der Waals surface area (Å²) >= 11 is 0. The van der Waals surface area contributed by atoms with E-state index < -0.39 is 26.5 Å². The monoisotopic (exact) mass is 238 g/mol. The van der Waals surface area contributed by atoms with E-state index in [1.54, 1.807) is 0 Å². The lowest BCUT2D eigenvalue weighted by atomic mass is 10.4. The Balaban J connectivity index is 4.14. The maximum atomic E-state index is 10.4. The molecule has 0 aromatic carbocycles. The van der Waals surface area contributed by atoms with Crippen LogP contribution in [0.3, 0.4) is 0 Å². The number of hydrogen-bond acceptors (Lipinski definition) is 5. The van der Waals surface area contributed by atoms with E-state index in [1.807, 2.05) is 5.32 Å². The molecule has 0 saturated heterocycles. The molecule has 0 rings (SSSR count). The highest BCUT2D eigenvalue weighted by Crippen LogP contribution is 2.00. The highest BCUT2D eigenvalue weighted by atomic mass is 28.4. The highest BCUT2D eigenvalue weighted by molar-refractivity contribution is 6.58. The van der Waals surface area contributed by atoms with E-state index in [-0.39, 0.29) is 13.0 Å². The van der Waals surface area contributed by atoms with Crippen molar-refractivity contribution in [3.63, 3.8) is 0 Å². The van der Waals surface area contributed by atoms with E-state index in [0.29, 0.717) is 0 Å². The van der Waals surface area contributed by atoms with Gasteiger partial charge in [-0.25, -0.2) is 9.59 Å². The predicted molar refractivity (Wildman–Crippen MR) is 51.1 cm³/mol. The minimum Gasteiger partial charge on any atom is -0.389 e. The first-order chi connectivity index (χ1) is 6.73. The summed E-state index contributed by atoms with van der Waals surface area (Å²) in [5.74, 6) is 0. The molecule has 15 heavy (non-hydrogen) atoms. The molecule has 9 nitrogen and oxygen atoms in total. The molecule has 0 radical (unpaired) electrons. The van der Waals surface area contributed by atoms with Gasteiger partial charge in [-0.2, -0.15) is 0 Å². The van der Waals surface area contributed by atoms with Crippen LogP contribution in [0.1, 0.15) is 6.42 Å². The molecule has 0 aliphatic rings. The van der Waals surface area contributed by atoms with Gasteiger partial charge in [-0.1, -0.05) is 0 Å². The fraction of sp³-hybridized carbons (Fsp3) is 0.600. The average molecular weight is 238 g/mol. The van der Waals surface area contributed by atoms with E-state index >= 15 is 0 Å². The third-order valence-corrected chi connectivity index (χ3v) is 2.88. The van der Waals surface area contributed by atoms with Gasteiger partial charge in [0.05, 0.1) is 0 Å². The van der Waals surface area contributed by atoms with Crippen molar-refractivity contribution in [2.75, 3.05) is 6.54 Å². The smallest absolute Gasteiger partial charge is 0.389 e. The van der Waals surface area contributed by atoms with Gasteiger partial charge >= 0.3 is 20.9 Å². The third-order valence-electron chi connectivity index (χ3n) is 1.52. The Morgan fingerprint density at radius 1 is 1.20 bits per heavy atom. The van der Waals surface area contributed by atoms with E-state index in [4.69, 9.17) is 25.9 Å². The van der Waals surface area contributed by atoms with Gasteiger partial charge < -0.3 is 36.5 Å². The van der Waals surface area contributed by atoms with Crippen LogP contribution in [0.2, 0.25) is 0 Å². The van der Waals surface area contributed by atoms with Crippen molar-refractivity contribution in [1.29, 1.82) is 0 Å². The van der Waals surface area contributed by atoms with Crippen molar-refractivity contribution in [2.45, 2.75) is 12.1 Å². The van der Waals surface area contributed by atoms with Crippen LogP contribution in [0.5, 0.6) is 0 Å². The maximum Gasteiger partial charge on any atom is 0.516 e. The van der Waals surface area contributed by atoms with E-state index in [9.17, 15) is 9.59 Å². The largest absolute Gasteiger partial charge is 0.516 e. The van der Waals surface area contributed by atoms with Crippen molar-refractivity contribution in [3.8, 4) is 0 Å². The third kappa shape index (κ3) is 6.67. The Bertz CT molecular complexity index is 242. The molecule has 9 N–H and O–H groups in total. The molecule has 1 atom stereocenters. The number of nitrogens with two attached hydrogens (primary N) is 2. The molecule has 0 fully saturated rings. The molecule has 0 bridgehead atoms. The number of hydrogen-bond donors (Lipinski definition) is 7. The zero-order chi connectivity index (χ0) is 12.1. The first-order valence-electron chi connectivity index (χ1n) is 4.00. The summed E-state index contributed by atoms with van der Waals surface area (Å²) in [7, 11) is -4.53. The summed E-state index contributed by atoms with van der Waals surface area (Å²) in [4.78, 5) is 47.5. The molecular formula is C5H14N4O5Si. The van der Waals surface area contributed by atoms with Crippen molar-refractivity contribution in [3.05, 3.63) is 0 Å². The molecule has 0 heterocycles. The van der Waals surface area contributed by atoms with Crippen LogP contribution in [0.25, 0.3) is 0 Å². The Labute approximate surface area is 86.4 Å². The fourth-order valence-corrected chi connectivity index (χ4v) is 1.74. The Kier molecular flexibility index (Phi) is 5.00. The molecular weight excluding hydrogens is 224 g/mol. The summed E-state index contributed by atoms with van der Waals surface area (Å²) in [6, 6.07) is -1.80. The molecule has 0 saturated carbocycles. The van der Waals surface area contributed by atoms with Crippen LogP contribution in [0.15, 0.2) is 0 Å². The minimum absolute atomic E-state index is 0.0310. The second-order valence-corrected chi connectivity index (χ2v) is 4.90. The lowest BCUT2D eigenvalue weighted by molar-refractivity contribution is 0.195. The van der Waals surface area contributed by atoms with Gasteiger partial charge in [-0.05, 0) is 6.42 Å². The van der Waals surface area contributed by atoms with Gasteiger partial charge in [-0.15, -0.1) is 0 Å². The SMILES string of the molecule is NC(=O)NCCC(NC(N)=O)[Si](O)(O)O. The summed E-state index contributed by atoms with van der Waals surface area (Å²) in [6.07, 6.45) is -0.0956. The van der Waals surface area contributed by atoms with E-state index in [2.05, 4.69) is 5.32 Å². The first kappa shape index (κ1) is 13.6. The van der Waals surface area contributed by atoms with Crippen LogP contribution in [0.4, 0.5) is 9.59 Å². The molecule has 4 amide bonds. The van der Waals surface area contributed by atoms with Gasteiger partial charge in [0, 0.05) is 6.54 Å². The Morgan fingerprint density at radius 3 is 2.07 bits per heavy atom. The number of rotatable bonds is 5. The standard InChI is InChI=1S/C5H14N4O5Si/c6-4(10)8-2-1-3(9-5(7)11)15(12,13)14/h3,12-14H,1-2H2,(H3,6,8,10)(H3,7,9,11). The molecule has 0 aromatic rings. The molecule has 88 valence electrons. The molecule has 10 heteroatoms. The second kappa shape index (κ2) is 5.50. The van der Waals surface area contributed by atoms with Crippen molar-refractivity contribution < 1.29 is 24.0 Å². The first-order valence-corrected chi connectivity index (χ1v) is 5.91. The van der Waals surface area contributed by atoms with Crippen LogP contribution in [-0.4, -0.2) is 47.5 Å². The number of primary amides is 2. The summed E-state index contributed by atoms with van der Waals surface area (Å²) in [6.45, 7) is -0.0310. The van der Waals surface area contributed by atoms with Gasteiger partial charge in [0.15, 0.2) is 0 Å². The molecule has 0 spiro atoms. The van der Waals surface area contributed by atoms with Crippen LogP contribution in [-0.2, 0) is 0 Å². The van der Waals surface area contributed by atoms with Gasteiger partial charge in [0.2, 0.25) is 0 Å². The quantitative estimate of drug-likeness (QED) is 0.246. The summed E-state index contributed by atoms with van der Waals surface area (Å²) < 4.78 is 0. The number of nitrogens with one attached hydrogen (secondary N) is 2. The predicted octanol–water partition coefficient (Wildman–Crippen LogP) is -3.46. The second-order valence-electron chi connectivity index (χ2n) is 2.83. The summed E-state index contributed by atoms with van der Waals surface area (Å²) in [5.41, 5.74) is 8.21. The molecule has 0 aromatic heterocycles. The molecule has 0 aliphatic heterocycles. The number of carbonyl (C=O) groups is 2. The van der Waals surface area contributed by atoms with Crippen LogP contribution >= 0.6 is 0 Å². The highest BCUT2D eigenvalue weighted by Gasteiger charge is 2.39. The maximum absolute atomic E-state index is 10.4. The number of urea groups is 2. The normalized spacial score (nSPS) is 13.0.